The number of hydrogen-bond donors (Lipinski definition) is 3. The van der Waals surface area contributed by atoms with Gasteiger partial charge in [-0.3, -0.25) is 0 Å². The van der Waals surface area contributed by atoms with Gasteiger partial charge in [-0.2, -0.15) is 0 Å². The van der Waals surface area contributed by atoms with E-state index in [2.05, 4.69) is 0 Å². The number of hydrogen-bond acceptors (Lipinski definition) is 4. The van der Waals surface area contributed by atoms with E-state index < -0.39 is 6.10 Å². The van der Waals surface area contributed by atoms with Crippen molar-refractivity contribution >= 4 is 0 Å². The first kappa shape index (κ1) is 16.9. The molecule has 0 radical (unpaired) electrons. The van der Waals surface area contributed by atoms with Crippen LogP contribution in [0.15, 0.2) is 0 Å². The molecular weight excluding hydrogens is 242 g/mol. The Hall–Kier alpha value is -0.160. The van der Waals surface area contributed by atoms with Crippen LogP contribution in [0.4, 0.5) is 0 Å². The van der Waals surface area contributed by atoms with Crippen LogP contribution in [0.2, 0.25) is 0 Å². The molecule has 4 N–H and O–H groups in total. The molecule has 1 aliphatic heterocycles. The van der Waals surface area contributed by atoms with E-state index in [9.17, 15) is 5.11 Å². The Morgan fingerprint density at radius 3 is 1.89 bits per heavy atom. The molecule has 0 amide bonds. The van der Waals surface area contributed by atoms with Crippen molar-refractivity contribution in [2.45, 2.75) is 82.5 Å². The number of nitrogens with two attached hydrogens (primary N) is 1. The van der Waals surface area contributed by atoms with Crippen LogP contribution in [-0.2, 0) is 4.74 Å². The van der Waals surface area contributed by atoms with E-state index in [1.165, 1.54) is 38.5 Å². The smallest absolute Gasteiger partial charge is 0.0974 e. The van der Waals surface area contributed by atoms with Crippen molar-refractivity contribution in [1.82, 2.24) is 0 Å². The van der Waals surface area contributed by atoms with Gasteiger partial charge in [0.15, 0.2) is 0 Å². The summed E-state index contributed by atoms with van der Waals surface area (Å²) in [7, 11) is 0. The summed E-state index contributed by atoms with van der Waals surface area (Å²) < 4.78 is 5.46. The Labute approximate surface area is 117 Å². The van der Waals surface area contributed by atoms with Gasteiger partial charge in [-0.05, 0) is 12.8 Å². The Kier molecular flexibility index (Phi) is 9.43. The van der Waals surface area contributed by atoms with Crippen LogP contribution in [0.5, 0.6) is 0 Å². The summed E-state index contributed by atoms with van der Waals surface area (Å²) in [6.07, 6.45) is 11.3. The highest BCUT2D eigenvalue weighted by Crippen LogP contribution is 2.19. The van der Waals surface area contributed by atoms with Crippen LogP contribution in [0, 0.1) is 0 Å². The lowest BCUT2D eigenvalue weighted by Gasteiger charge is -2.14. The summed E-state index contributed by atoms with van der Waals surface area (Å²) >= 11 is 0. The number of aliphatic hydroxyl groups is 2. The minimum Gasteiger partial charge on any atom is -0.396 e. The first-order valence-corrected chi connectivity index (χ1v) is 7.92. The number of unbranched alkanes of at least 4 members (excludes halogenated alkanes) is 8. The molecule has 0 saturated carbocycles. The lowest BCUT2D eigenvalue weighted by Crippen LogP contribution is -2.36. The Balaban J connectivity index is 1.81. The number of ether oxygens (including phenoxy) is 1. The van der Waals surface area contributed by atoms with Crippen molar-refractivity contribution in [2.75, 3.05) is 13.2 Å². The molecule has 0 aromatic heterocycles. The molecule has 19 heavy (non-hydrogen) atoms. The molecule has 0 aromatic rings. The SMILES string of the molecule is N[C@H]1CO[C@@H](CCCCCCCCCCCO)[C@H]1O. The zero-order valence-electron chi connectivity index (χ0n) is 12.1. The maximum Gasteiger partial charge on any atom is 0.0974 e. The largest absolute Gasteiger partial charge is 0.396 e. The molecule has 1 fully saturated rings. The van der Waals surface area contributed by atoms with Gasteiger partial charge in [0.1, 0.15) is 0 Å². The second kappa shape index (κ2) is 10.6. The van der Waals surface area contributed by atoms with Crippen LogP contribution < -0.4 is 5.73 Å². The molecular formula is C15H31NO3. The van der Waals surface area contributed by atoms with E-state index in [1.807, 2.05) is 0 Å². The Bertz CT molecular complexity index is 214. The molecule has 0 bridgehead atoms. The minimum atomic E-state index is -0.466. The summed E-state index contributed by atoms with van der Waals surface area (Å²) in [4.78, 5) is 0. The van der Waals surface area contributed by atoms with Crippen molar-refractivity contribution < 1.29 is 14.9 Å². The molecule has 1 rings (SSSR count). The summed E-state index contributed by atoms with van der Waals surface area (Å²) in [5, 5.41) is 18.4. The first-order chi connectivity index (χ1) is 9.25. The van der Waals surface area contributed by atoms with Crippen molar-refractivity contribution in [3.05, 3.63) is 0 Å². The van der Waals surface area contributed by atoms with Gasteiger partial charge in [0.05, 0.1) is 24.9 Å². The maximum atomic E-state index is 9.73. The second-order valence-electron chi connectivity index (χ2n) is 5.72. The second-order valence-corrected chi connectivity index (χ2v) is 5.72. The zero-order valence-corrected chi connectivity index (χ0v) is 12.1. The zero-order chi connectivity index (χ0) is 13.9. The first-order valence-electron chi connectivity index (χ1n) is 7.92. The highest BCUT2D eigenvalue weighted by Gasteiger charge is 2.32. The number of aliphatic hydroxyl groups excluding tert-OH is 2. The Morgan fingerprint density at radius 1 is 0.895 bits per heavy atom. The molecule has 1 heterocycles. The molecule has 114 valence electrons. The topological polar surface area (TPSA) is 75.7 Å². The predicted octanol–water partition coefficient (Wildman–Crippen LogP) is 1.97. The molecule has 4 nitrogen and oxygen atoms in total. The third-order valence-corrected chi connectivity index (χ3v) is 3.97. The van der Waals surface area contributed by atoms with Gasteiger partial charge < -0.3 is 20.7 Å². The van der Waals surface area contributed by atoms with Crippen LogP contribution in [0.3, 0.4) is 0 Å². The average molecular weight is 273 g/mol. The molecule has 0 aromatic carbocycles. The summed E-state index contributed by atoms with van der Waals surface area (Å²) in [5.74, 6) is 0. The average Bonchev–Trinajstić information content (AvgIpc) is 2.73. The van der Waals surface area contributed by atoms with Crippen LogP contribution in [0.1, 0.15) is 64.2 Å². The Morgan fingerprint density at radius 2 is 1.42 bits per heavy atom. The third-order valence-electron chi connectivity index (χ3n) is 3.97. The standard InChI is InChI=1S/C15H31NO3/c16-13-12-19-14(15(13)18)10-8-6-4-2-1-3-5-7-9-11-17/h13-15,17-18H,1-12,16H2/t13-,14-,15-/m0/s1. The molecule has 1 saturated heterocycles. The molecule has 0 spiro atoms. The molecule has 0 aliphatic carbocycles. The molecule has 1 aliphatic rings. The van der Waals surface area contributed by atoms with E-state index in [4.69, 9.17) is 15.6 Å². The third kappa shape index (κ3) is 7.25. The van der Waals surface area contributed by atoms with Gasteiger partial charge >= 0.3 is 0 Å². The molecule has 0 unspecified atom stereocenters. The van der Waals surface area contributed by atoms with Gasteiger partial charge in [0, 0.05) is 6.61 Å². The van der Waals surface area contributed by atoms with Crippen molar-refractivity contribution in [3.8, 4) is 0 Å². The van der Waals surface area contributed by atoms with Crippen molar-refractivity contribution in [3.63, 3.8) is 0 Å². The van der Waals surface area contributed by atoms with E-state index in [-0.39, 0.29) is 12.1 Å². The highest BCUT2D eigenvalue weighted by atomic mass is 16.5. The van der Waals surface area contributed by atoms with Gasteiger partial charge in [-0.1, -0.05) is 51.4 Å². The fraction of sp³-hybridized carbons (Fsp3) is 1.00. The summed E-state index contributed by atoms with van der Waals surface area (Å²) in [6.45, 7) is 0.832. The molecule has 4 heteroatoms. The molecule has 3 atom stereocenters. The predicted molar refractivity (Wildman–Crippen MR) is 77.0 cm³/mol. The minimum absolute atomic E-state index is 0.0338. The lowest BCUT2D eigenvalue weighted by molar-refractivity contribution is 0.0342. The van der Waals surface area contributed by atoms with Gasteiger partial charge in [-0.15, -0.1) is 0 Å². The highest BCUT2D eigenvalue weighted by molar-refractivity contribution is 4.85. The van der Waals surface area contributed by atoms with Gasteiger partial charge in [0.2, 0.25) is 0 Å². The van der Waals surface area contributed by atoms with Gasteiger partial charge in [-0.25, -0.2) is 0 Å². The van der Waals surface area contributed by atoms with E-state index >= 15 is 0 Å². The van der Waals surface area contributed by atoms with Crippen molar-refractivity contribution in [1.29, 1.82) is 0 Å². The van der Waals surface area contributed by atoms with Crippen molar-refractivity contribution in [2.24, 2.45) is 5.73 Å². The van der Waals surface area contributed by atoms with Crippen LogP contribution >= 0.6 is 0 Å². The van der Waals surface area contributed by atoms with E-state index in [0.717, 1.165) is 25.7 Å². The summed E-state index contributed by atoms with van der Waals surface area (Å²) in [6, 6.07) is -0.191. The van der Waals surface area contributed by atoms with Gasteiger partial charge in [0.25, 0.3) is 0 Å². The van der Waals surface area contributed by atoms with E-state index in [0.29, 0.717) is 13.2 Å². The lowest BCUT2D eigenvalue weighted by atomic mass is 10.0. The maximum absolute atomic E-state index is 9.73. The van der Waals surface area contributed by atoms with E-state index in [1.54, 1.807) is 0 Å². The normalized spacial score (nSPS) is 27.0. The fourth-order valence-electron chi connectivity index (χ4n) is 2.66. The monoisotopic (exact) mass is 273 g/mol. The summed E-state index contributed by atoms with van der Waals surface area (Å²) in [5.41, 5.74) is 5.70. The number of rotatable bonds is 11. The fourth-order valence-corrected chi connectivity index (χ4v) is 2.66. The quantitative estimate of drug-likeness (QED) is 0.503. The van der Waals surface area contributed by atoms with Crippen LogP contribution in [0.25, 0.3) is 0 Å². The van der Waals surface area contributed by atoms with Crippen LogP contribution in [-0.4, -0.2) is 41.7 Å².